The highest BCUT2D eigenvalue weighted by Gasteiger charge is 2.25. The van der Waals surface area contributed by atoms with Gasteiger partial charge in [-0.15, -0.1) is 0 Å². The van der Waals surface area contributed by atoms with E-state index >= 15 is 0 Å². The Morgan fingerprint density at radius 2 is 1.76 bits per heavy atom. The molecule has 0 atom stereocenters. The molecule has 1 amide bonds. The molecule has 1 rings (SSSR count). The van der Waals surface area contributed by atoms with Gasteiger partial charge in [0.15, 0.2) is 0 Å². The Balaban J connectivity index is 3.32. The van der Waals surface area contributed by atoms with Gasteiger partial charge in [-0.25, -0.2) is 8.42 Å². The third-order valence-electron chi connectivity index (χ3n) is 2.56. The lowest BCUT2D eigenvalue weighted by atomic mass is 9.96. The minimum absolute atomic E-state index is 0.00939. The van der Waals surface area contributed by atoms with Crippen LogP contribution < -0.4 is 0 Å². The fraction of sp³-hybridized carbons (Fsp3) is 0.462. The van der Waals surface area contributed by atoms with Gasteiger partial charge in [0, 0.05) is 29.3 Å². The highest BCUT2D eigenvalue weighted by atomic mass is 35.7. The summed E-state index contributed by atoms with van der Waals surface area (Å²) in [4.78, 5) is 13.5. The molecule has 0 unspecified atom stereocenters. The average Bonchev–Trinajstić information content (AvgIpc) is 2.27. The van der Waals surface area contributed by atoms with E-state index in [0.717, 1.165) is 6.07 Å². The van der Waals surface area contributed by atoms with Crippen molar-refractivity contribution in [3.05, 3.63) is 27.7 Å². The summed E-state index contributed by atoms with van der Waals surface area (Å²) in [6.07, 6.45) is 0. The van der Waals surface area contributed by atoms with Gasteiger partial charge in [-0.1, -0.05) is 44.0 Å². The molecule has 0 saturated heterocycles. The zero-order valence-corrected chi connectivity index (χ0v) is 15.2. The quantitative estimate of drug-likeness (QED) is 0.752. The molecule has 8 heteroatoms. The van der Waals surface area contributed by atoms with E-state index in [4.69, 9.17) is 33.9 Å². The van der Waals surface area contributed by atoms with Crippen LogP contribution in [0, 0.1) is 5.41 Å². The van der Waals surface area contributed by atoms with Gasteiger partial charge in [0.05, 0.1) is 10.6 Å². The summed E-state index contributed by atoms with van der Waals surface area (Å²) in [5.41, 5.74) is -0.105. The molecule has 0 radical (unpaired) electrons. The summed E-state index contributed by atoms with van der Waals surface area (Å²) in [6.45, 7) is 6.40. The first kappa shape index (κ1) is 18.6. The number of benzene rings is 1. The van der Waals surface area contributed by atoms with Crippen LogP contribution in [0.15, 0.2) is 17.0 Å². The Morgan fingerprint density at radius 3 is 2.19 bits per heavy atom. The van der Waals surface area contributed by atoms with Gasteiger partial charge >= 0.3 is 0 Å². The van der Waals surface area contributed by atoms with Crippen molar-refractivity contribution in [2.75, 3.05) is 13.6 Å². The number of amides is 1. The van der Waals surface area contributed by atoms with Gasteiger partial charge in [0.1, 0.15) is 4.90 Å². The molecule has 0 aromatic heterocycles. The van der Waals surface area contributed by atoms with Crippen molar-refractivity contribution in [2.45, 2.75) is 25.7 Å². The molecule has 0 N–H and O–H groups in total. The van der Waals surface area contributed by atoms with Gasteiger partial charge in [0.2, 0.25) is 0 Å². The summed E-state index contributed by atoms with van der Waals surface area (Å²) < 4.78 is 23.0. The molecule has 4 nitrogen and oxygen atoms in total. The number of hydrogen-bond acceptors (Lipinski definition) is 3. The van der Waals surface area contributed by atoms with E-state index in [1.54, 1.807) is 7.05 Å². The fourth-order valence-corrected chi connectivity index (χ4v) is 3.74. The normalized spacial score (nSPS) is 12.3. The summed E-state index contributed by atoms with van der Waals surface area (Å²) in [7, 11) is 2.83. The second kappa shape index (κ2) is 6.32. The molecule has 21 heavy (non-hydrogen) atoms. The smallest absolute Gasteiger partial charge is 0.262 e. The van der Waals surface area contributed by atoms with Crippen molar-refractivity contribution >= 4 is 48.8 Å². The van der Waals surface area contributed by atoms with Crippen molar-refractivity contribution in [3.63, 3.8) is 0 Å². The van der Waals surface area contributed by atoms with Gasteiger partial charge in [0.25, 0.3) is 15.0 Å². The van der Waals surface area contributed by atoms with Crippen LogP contribution in [0.2, 0.25) is 10.0 Å². The zero-order chi connectivity index (χ0) is 16.6. The lowest BCUT2D eigenvalue weighted by Crippen LogP contribution is -2.34. The number of halogens is 3. The van der Waals surface area contributed by atoms with E-state index in [-0.39, 0.29) is 25.9 Å². The molecular formula is C13H16Cl3NO3S. The Kier molecular flexibility index (Phi) is 5.59. The number of hydrogen-bond donors (Lipinski definition) is 0. The SMILES string of the molecule is CN(CC(C)(C)C)C(=O)c1cc(Cl)cc(S(=O)(=O)Cl)c1Cl. The summed E-state index contributed by atoms with van der Waals surface area (Å²) in [5, 5.41) is -0.147. The summed E-state index contributed by atoms with van der Waals surface area (Å²) in [5.74, 6) is -0.418. The van der Waals surface area contributed by atoms with Gasteiger partial charge in [-0.05, 0) is 17.5 Å². The number of carbonyl (C=O) groups is 1. The number of carbonyl (C=O) groups excluding carboxylic acids is 1. The van der Waals surface area contributed by atoms with Crippen molar-refractivity contribution in [3.8, 4) is 0 Å². The average molecular weight is 373 g/mol. The van der Waals surface area contributed by atoms with Gasteiger partial charge < -0.3 is 4.90 Å². The van der Waals surface area contributed by atoms with Crippen LogP contribution in [0.5, 0.6) is 0 Å². The standard InChI is InChI=1S/C13H16Cl3NO3S/c1-13(2,3)7-17(4)12(18)9-5-8(14)6-10(11(9)15)21(16,19)20/h5-6H,7H2,1-4H3. The Hall–Kier alpha value is -0.490. The van der Waals surface area contributed by atoms with Crippen LogP contribution in [0.1, 0.15) is 31.1 Å². The lowest BCUT2D eigenvalue weighted by Gasteiger charge is -2.27. The molecular weight excluding hydrogens is 357 g/mol. The number of nitrogens with zero attached hydrogens (tertiary/aromatic N) is 1. The van der Waals surface area contributed by atoms with Crippen LogP contribution in [-0.2, 0) is 9.05 Å². The molecule has 0 saturated carbocycles. The summed E-state index contributed by atoms with van der Waals surface area (Å²) in [6, 6.07) is 2.45. The largest absolute Gasteiger partial charge is 0.341 e. The van der Waals surface area contributed by atoms with Gasteiger partial charge in [-0.3, -0.25) is 4.79 Å². The second-order valence-electron chi connectivity index (χ2n) is 5.93. The van der Waals surface area contributed by atoms with Crippen LogP contribution in [0.3, 0.4) is 0 Å². The Bertz CT molecular complexity index is 666. The van der Waals surface area contributed by atoms with Crippen LogP contribution in [0.4, 0.5) is 0 Å². The van der Waals surface area contributed by atoms with E-state index in [1.165, 1.54) is 11.0 Å². The monoisotopic (exact) mass is 371 g/mol. The first-order valence-corrected chi connectivity index (χ1v) is 9.08. The van der Waals surface area contributed by atoms with Crippen LogP contribution in [0.25, 0.3) is 0 Å². The van der Waals surface area contributed by atoms with E-state index in [9.17, 15) is 13.2 Å². The topological polar surface area (TPSA) is 54.5 Å². The van der Waals surface area contributed by atoms with Crippen molar-refractivity contribution < 1.29 is 13.2 Å². The number of rotatable bonds is 3. The molecule has 0 spiro atoms. The van der Waals surface area contributed by atoms with Crippen molar-refractivity contribution in [2.24, 2.45) is 5.41 Å². The van der Waals surface area contributed by atoms with E-state index in [2.05, 4.69) is 0 Å². The first-order valence-electron chi connectivity index (χ1n) is 6.02. The van der Waals surface area contributed by atoms with Gasteiger partial charge in [-0.2, -0.15) is 0 Å². The minimum atomic E-state index is -4.09. The van der Waals surface area contributed by atoms with E-state index in [1.807, 2.05) is 20.8 Å². The second-order valence-corrected chi connectivity index (χ2v) is 9.27. The fourth-order valence-electron chi connectivity index (χ4n) is 1.89. The molecule has 0 bridgehead atoms. The molecule has 0 fully saturated rings. The highest BCUT2D eigenvalue weighted by Crippen LogP contribution is 2.32. The molecule has 0 heterocycles. The first-order chi connectivity index (χ1) is 9.33. The minimum Gasteiger partial charge on any atom is -0.341 e. The molecule has 0 aliphatic rings. The predicted octanol–water partition coefficient (Wildman–Crippen LogP) is 4.04. The Morgan fingerprint density at radius 1 is 1.24 bits per heavy atom. The van der Waals surface area contributed by atoms with Crippen LogP contribution >= 0.6 is 33.9 Å². The molecule has 1 aromatic rings. The predicted molar refractivity (Wildman–Crippen MR) is 85.9 cm³/mol. The maximum Gasteiger partial charge on any atom is 0.262 e. The lowest BCUT2D eigenvalue weighted by molar-refractivity contribution is 0.0745. The molecule has 1 aromatic carbocycles. The molecule has 0 aliphatic carbocycles. The third-order valence-corrected chi connectivity index (χ3v) is 4.64. The third kappa shape index (κ3) is 5.02. The maximum atomic E-state index is 12.4. The molecule has 118 valence electrons. The van der Waals surface area contributed by atoms with Crippen molar-refractivity contribution in [1.82, 2.24) is 4.90 Å². The molecule has 0 aliphatic heterocycles. The van der Waals surface area contributed by atoms with E-state index in [0.29, 0.717) is 6.54 Å². The Labute approximate surface area is 139 Å². The van der Waals surface area contributed by atoms with Crippen molar-refractivity contribution in [1.29, 1.82) is 0 Å². The maximum absolute atomic E-state index is 12.4. The van der Waals surface area contributed by atoms with E-state index < -0.39 is 15.0 Å². The van der Waals surface area contributed by atoms with Crippen LogP contribution in [-0.4, -0.2) is 32.8 Å². The summed E-state index contributed by atoms with van der Waals surface area (Å²) >= 11 is 11.9. The highest BCUT2D eigenvalue weighted by molar-refractivity contribution is 8.13. The zero-order valence-electron chi connectivity index (χ0n) is 12.1.